The molecule has 1 aromatic carbocycles. The number of amides is 1. The molecule has 0 saturated heterocycles. The van der Waals surface area contributed by atoms with E-state index < -0.39 is 5.97 Å². The number of rotatable bonds is 1. The van der Waals surface area contributed by atoms with E-state index in [1.807, 2.05) is 12.1 Å². The molecule has 0 aliphatic heterocycles. The minimum Gasteiger partial charge on any atom is -0.333 e. The Morgan fingerprint density at radius 1 is 1.18 bits per heavy atom. The molecule has 0 unspecified atom stereocenters. The van der Waals surface area contributed by atoms with Gasteiger partial charge >= 0.3 is 5.97 Å². The van der Waals surface area contributed by atoms with E-state index in [1.165, 1.54) is 14.0 Å². The maximum absolute atomic E-state index is 11.9. The van der Waals surface area contributed by atoms with Gasteiger partial charge in [-0.25, -0.2) is 4.79 Å². The Morgan fingerprint density at radius 3 is 2.06 bits per heavy atom. The molecule has 1 amide bonds. The van der Waals surface area contributed by atoms with Crippen molar-refractivity contribution in [3.8, 4) is 0 Å². The first-order valence-corrected chi connectivity index (χ1v) is 7.67. The molecule has 0 saturated carbocycles. The molecule has 0 aliphatic rings. The first-order chi connectivity index (χ1) is 7.82. The van der Waals surface area contributed by atoms with Crippen LogP contribution >= 0.6 is 67.8 Å². The quantitative estimate of drug-likeness (QED) is 0.385. The standard InChI is InChI=1S/C10H8I3NO3/c1-5(15)14(2)17-10(16)9-7(12)3-6(11)4-8(9)13/h3-4H,1-2H3. The van der Waals surface area contributed by atoms with E-state index in [2.05, 4.69) is 67.8 Å². The fourth-order valence-corrected chi connectivity index (χ4v) is 4.99. The summed E-state index contributed by atoms with van der Waals surface area (Å²) >= 11 is 6.34. The predicted octanol–water partition coefficient (Wildman–Crippen LogP) is 3.05. The molecule has 7 heteroatoms. The highest BCUT2D eigenvalue weighted by Gasteiger charge is 2.19. The molecule has 4 nitrogen and oxygen atoms in total. The van der Waals surface area contributed by atoms with E-state index in [4.69, 9.17) is 4.84 Å². The summed E-state index contributed by atoms with van der Waals surface area (Å²) in [6, 6.07) is 3.77. The van der Waals surface area contributed by atoms with Gasteiger partial charge in [0.1, 0.15) is 0 Å². The number of halogens is 3. The van der Waals surface area contributed by atoms with Crippen LogP contribution in [0.15, 0.2) is 12.1 Å². The summed E-state index contributed by atoms with van der Waals surface area (Å²) in [7, 11) is 1.41. The van der Waals surface area contributed by atoms with E-state index in [0.717, 1.165) is 15.8 Å². The summed E-state index contributed by atoms with van der Waals surface area (Å²) in [5, 5.41) is 0.923. The third kappa shape index (κ3) is 4.19. The van der Waals surface area contributed by atoms with E-state index >= 15 is 0 Å². The summed E-state index contributed by atoms with van der Waals surface area (Å²) in [6.07, 6.45) is 0. The maximum Gasteiger partial charge on any atom is 0.365 e. The third-order valence-electron chi connectivity index (χ3n) is 1.87. The molecule has 1 rings (SSSR count). The zero-order valence-corrected chi connectivity index (χ0v) is 15.4. The first-order valence-electron chi connectivity index (χ1n) is 4.44. The van der Waals surface area contributed by atoms with Crippen LogP contribution in [0.3, 0.4) is 0 Å². The largest absolute Gasteiger partial charge is 0.365 e. The monoisotopic (exact) mass is 571 g/mol. The fraction of sp³-hybridized carbons (Fsp3) is 0.200. The van der Waals surface area contributed by atoms with Gasteiger partial charge in [0.2, 0.25) is 0 Å². The van der Waals surface area contributed by atoms with Crippen LogP contribution in [0.1, 0.15) is 17.3 Å². The number of hydrogen-bond donors (Lipinski definition) is 0. The minimum atomic E-state index is -0.520. The van der Waals surface area contributed by atoms with Crippen molar-refractivity contribution in [1.29, 1.82) is 0 Å². The Balaban J connectivity index is 3.01. The highest BCUT2D eigenvalue weighted by molar-refractivity contribution is 14.1. The predicted molar refractivity (Wildman–Crippen MR) is 88.5 cm³/mol. The molecule has 0 heterocycles. The Labute approximate surface area is 140 Å². The average Bonchev–Trinajstić information content (AvgIpc) is 2.15. The summed E-state index contributed by atoms with van der Waals surface area (Å²) < 4.78 is 2.66. The van der Waals surface area contributed by atoms with Gasteiger partial charge in [-0.1, -0.05) is 0 Å². The van der Waals surface area contributed by atoms with Gasteiger partial charge in [0, 0.05) is 24.7 Å². The molecule has 17 heavy (non-hydrogen) atoms. The van der Waals surface area contributed by atoms with E-state index in [0.29, 0.717) is 5.56 Å². The summed E-state index contributed by atoms with van der Waals surface area (Å²) in [6.45, 7) is 1.33. The second-order valence-electron chi connectivity index (χ2n) is 3.14. The van der Waals surface area contributed by atoms with Crippen LogP contribution in [-0.2, 0) is 9.63 Å². The second kappa shape index (κ2) is 6.50. The molecule has 0 aliphatic carbocycles. The van der Waals surface area contributed by atoms with Gasteiger partial charge in [0.05, 0.1) is 5.56 Å². The Bertz CT molecular complexity index is 453. The summed E-state index contributed by atoms with van der Waals surface area (Å²) in [5.41, 5.74) is 0.486. The topological polar surface area (TPSA) is 46.6 Å². The van der Waals surface area contributed by atoms with Crippen molar-refractivity contribution in [1.82, 2.24) is 5.06 Å². The highest BCUT2D eigenvalue weighted by atomic mass is 127. The number of carbonyl (C=O) groups excluding carboxylic acids is 2. The number of benzene rings is 1. The van der Waals surface area contributed by atoms with Crippen molar-refractivity contribution in [3.05, 3.63) is 28.4 Å². The normalized spacial score (nSPS) is 9.94. The van der Waals surface area contributed by atoms with Crippen molar-refractivity contribution >= 4 is 79.6 Å². The third-order valence-corrected chi connectivity index (χ3v) is 4.20. The molecule has 0 bridgehead atoms. The zero-order valence-electron chi connectivity index (χ0n) is 8.96. The van der Waals surface area contributed by atoms with Crippen LogP contribution in [0.4, 0.5) is 0 Å². The lowest BCUT2D eigenvalue weighted by molar-refractivity contribution is -0.158. The molecule has 0 fully saturated rings. The molecule has 0 aromatic heterocycles. The van der Waals surface area contributed by atoms with Crippen molar-refractivity contribution in [3.63, 3.8) is 0 Å². The van der Waals surface area contributed by atoms with E-state index in [9.17, 15) is 9.59 Å². The van der Waals surface area contributed by atoms with Gasteiger partial charge in [0.25, 0.3) is 5.91 Å². The number of carbonyl (C=O) groups is 2. The van der Waals surface area contributed by atoms with Gasteiger partial charge in [-0.05, 0) is 79.9 Å². The Morgan fingerprint density at radius 2 is 1.65 bits per heavy atom. The van der Waals surface area contributed by atoms with Gasteiger partial charge < -0.3 is 4.84 Å². The van der Waals surface area contributed by atoms with Crippen molar-refractivity contribution in [2.45, 2.75) is 6.92 Å². The SMILES string of the molecule is CC(=O)N(C)OC(=O)c1c(I)cc(I)cc1I. The average molecular weight is 571 g/mol. The lowest BCUT2D eigenvalue weighted by Crippen LogP contribution is -2.28. The lowest BCUT2D eigenvalue weighted by atomic mass is 10.2. The summed E-state index contributed by atoms with van der Waals surface area (Å²) in [5.74, 6) is -0.846. The molecule has 0 radical (unpaired) electrons. The second-order valence-corrected chi connectivity index (χ2v) is 6.71. The molecular formula is C10H8I3NO3. The zero-order chi connectivity index (χ0) is 13.2. The molecule has 0 N–H and O–H groups in total. The van der Waals surface area contributed by atoms with Crippen LogP contribution in [0, 0.1) is 10.7 Å². The van der Waals surface area contributed by atoms with Gasteiger partial charge in [-0.2, -0.15) is 5.06 Å². The molecular weight excluding hydrogens is 563 g/mol. The number of hydrogen-bond acceptors (Lipinski definition) is 3. The van der Waals surface area contributed by atoms with Gasteiger partial charge in [-0.3, -0.25) is 4.79 Å². The number of nitrogens with zero attached hydrogens (tertiary/aromatic N) is 1. The van der Waals surface area contributed by atoms with Crippen LogP contribution in [0.2, 0.25) is 0 Å². The van der Waals surface area contributed by atoms with Crippen LogP contribution < -0.4 is 0 Å². The molecule has 1 aromatic rings. The smallest absolute Gasteiger partial charge is 0.333 e. The fourth-order valence-electron chi connectivity index (χ4n) is 0.971. The Kier molecular flexibility index (Phi) is 5.89. The van der Waals surface area contributed by atoms with Crippen LogP contribution in [0.5, 0.6) is 0 Å². The van der Waals surface area contributed by atoms with E-state index in [-0.39, 0.29) is 5.91 Å². The van der Waals surface area contributed by atoms with Gasteiger partial charge in [0.15, 0.2) is 0 Å². The van der Waals surface area contributed by atoms with Crippen molar-refractivity contribution in [2.75, 3.05) is 7.05 Å². The Hall–Kier alpha value is 0.350. The molecule has 0 spiro atoms. The molecule has 0 atom stereocenters. The van der Waals surface area contributed by atoms with Crippen LogP contribution in [0.25, 0.3) is 0 Å². The minimum absolute atomic E-state index is 0.325. The highest BCUT2D eigenvalue weighted by Crippen LogP contribution is 2.23. The van der Waals surface area contributed by atoms with E-state index in [1.54, 1.807) is 0 Å². The van der Waals surface area contributed by atoms with Crippen molar-refractivity contribution < 1.29 is 14.4 Å². The van der Waals surface area contributed by atoms with Crippen LogP contribution in [-0.4, -0.2) is 24.0 Å². The van der Waals surface area contributed by atoms with Gasteiger partial charge in [-0.15, -0.1) is 0 Å². The van der Waals surface area contributed by atoms with Crippen molar-refractivity contribution in [2.24, 2.45) is 0 Å². The lowest BCUT2D eigenvalue weighted by Gasteiger charge is -2.15. The maximum atomic E-state index is 11.9. The number of hydroxylamine groups is 2. The first kappa shape index (κ1) is 15.4. The molecule has 92 valence electrons. The summed E-state index contributed by atoms with van der Waals surface area (Å²) in [4.78, 5) is 27.8.